The molecule has 12 nitrogen and oxygen atoms in total. The lowest BCUT2D eigenvalue weighted by Gasteiger charge is -2.41. The molecule has 1 atom stereocenters. The van der Waals surface area contributed by atoms with E-state index in [1.807, 2.05) is 42.5 Å². The van der Waals surface area contributed by atoms with Crippen LogP contribution in [-0.2, 0) is 22.6 Å². The number of nitrogens with one attached hydrogen (secondary N) is 3. The molecule has 3 aromatic rings. The number of benzene rings is 3. The Morgan fingerprint density at radius 1 is 0.796 bits per heavy atom. The van der Waals surface area contributed by atoms with Gasteiger partial charge in [0, 0.05) is 67.7 Å². The van der Waals surface area contributed by atoms with Crippen LogP contribution >= 0.6 is 11.6 Å². The van der Waals surface area contributed by atoms with E-state index in [1.165, 1.54) is 0 Å². The quantitative estimate of drug-likeness (QED) is 0.290. The number of carbonyl (C=O) groups excluding carboxylic acids is 5. The van der Waals surface area contributed by atoms with Crippen LogP contribution in [0.5, 0.6) is 0 Å². The first-order chi connectivity index (χ1) is 26.1. The predicted octanol–water partition coefficient (Wildman–Crippen LogP) is 4.79. The van der Waals surface area contributed by atoms with Gasteiger partial charge in [0.05, 0.1) is 21.7 Å². The number of piperidine rings is 2. The van der Waals surface area contributed by atoms with Gasteiger partial charge in [0.2, 0.25) is 11.8 Å². The molecule has 0 aromatic heterocycles. The number of nitriles is 1. The molecule has 8 rings (SSSR count). The minimum Gasteiger partial charge on any atom is -0.382 e. The van der Waals surface area contributed by atoms with Gasteiger partial charge in [0.25, 0.3) is 17.7 Å². The van der Waals surface area contributed by atoms with Gasteiger partial charge in [-0.1, -0.05) is 11.6 Å². The highest BCUT2D eigenvalue weighted by Crippen LogP contribution is 2.34. The molecule has 4 heterocycles. The van der Waals surface area contributed by atoms with Crippen molar-refractivity contribution >= 4 is 52.5 Å². The van der Waals surface area contributed by atoms with Gasteiger partial charge in [0.15, 0.2) is 0 Å². The normalized spacial score (nSPS) is 23.4. The summed E-state index contributed by atoms with van der Waals surface area (Å²) in [6.07, 6.45) is 6.60. The second kappa shape index (κ2) is 14.9. The highest BCUT2D eigenvalue weighted by Gasteiger charge is 2.45. The molecule has 5 amide bonds. The molecule has 54 heavy (non-hydrogen) atoms. The fourth-order valence-electron chi connectivity index (χ4n) is 8.75. The summed E-state index contributed by atoms with van der Waals surface area (Å²) in [6.45, 7) is 3.35. The smallest absolute Gasteiger partial charge is 0.262 e. The lowest BCUT2D eigenvalue weighted by Crippen LogP contribution is -2.54. The van der Waals surface area contributed by atoms with E-state index in [-0.39, 0.29) is 36.7 Å². The molecule has 0 spiro atoms. The number of hydrogen-bond donors (Lipinski definition) is 3. The van der Waals surface area contributed by atoms with Gasteiger partial charge < -0.3 is 15.5 Å². The van der Waals surface area contributed by atoms with Crippen molar-refractivity contribution < 1.29 is 24.0 Å². The van der Waals surface area contributed by atoms with Gasteiger partial charge in [0.1, 0.15) is 12.1 Å². The van der Waals surface area contributed by atoms with E-state index in [9.17, 15) is 24.0 Å². The molecule has 1 unspecified atom stereocenters. The Bertz CT molecular complexity index is 2060. The summed E-state index contributed by atoms with van der Waals surface area (Å²) in [5.74, 6) is -1.97. The van der Waals surface area contributed by atoms with Crippen molar-refractivity contribution in [3.63, 3.8) is 0 Å². The third-order valence-corrected chi connectivity index (χ3v) is 12.1. The first-order valence-corrected chi connectivity index (χ1v) is 19.3. The zero-order valence-corrected chi connectivity index (χ0v) is 30.7. The van der Waals surface area contributed by atoms with Gasteiger partial charge >= 0.3 is 0 Å². The van der Waals surface area contributed by atoms with Crippen LogP contribution in [0.4, 0.5) is 11.4 Å². The molecular formula is C41H42ClN7O5. The second-order valence-electron chi connectivity index (χ2n) is 15.1. The third kappa shape index (κ3) is 7.06. The molecule has 13 heteroatoms. The highest BCUT2D eigenvalue weighted by molar-refractivity contribution is 6.32. The Labute approximate surface area is 318 Å². The number of imide groups is 2. The second-order valence-corrected chi connectivity index (χ2v) is 15.5. The zero-order valence-electron chi connectivity index (χ0n) is 29.9. The van der Waals surface area contributed by atoms with Crippen molar-refractivity contribution in [2.45, 2.75) is 88.5 Å². The van der Waals surface area contributed by atoms with Crippen molar-refractivity contribution in [3.05, 3.63) is 93.0 Å². The number of fused-ring (bicyclic) bond motifs is 2. The summed E-state index contributed by atoms with van der Waals surface area (Å²) >= 11 is 6.19. The van der Waals surface area contributed by atoms with E-state index in [4.69, 9.17) is 16.9 Å². The summed E-state index contributed by atoms with van der Waals surface area (Å²) in [7, 11) is 0. The molecule has 0 bridgehead atoms. The largest absolute Gasteiger partial charge is 0.382 e. The van der Waals surface area contributed by atoms with Gasteiger partial charge in [-0.2, -0.15) is 5.26 Å². The Hall–Kier alpha value is -5.25. The molecule has 1 saturated carbocycles. The monoisotopic (exact) mass is 747 g/mol. The molecular weight excluding hydrogens is 706 g/mol. The first-order valence-electron chi connectivity index (χ1n) is 18.9. The number of nitrogens with zero attached hydrogens (tertiary/aromatic N) is 4. The maximum absolute atomic E-state index is 13.4. The summed E-state index contributed by atoms with van der Waals surface area (Å²) in [6, 6.07) is 18.9. The number of hydrogen-bond acceptors (Lipinski definition) is 9. The molecule has 3 fully saturated rings. The average molecular weight is 748 g/mol. The van der Waals surface area contributed by atoms with Crippen molar-refractivity contribution in [2.75, 3.05) is 29.9 Å². The number of rotatable bonds is 7. The molecule has 1 aliphatic carbocycles. The molecule has 0 radical (unpaired) electrons. The maximum Gasteiger partial charge on any atom is 0.262 e. The van der Waals surface area contributed by atoms with Gasteiger partial charge in [-0.05, 0) is 117 Å². The fourth-order valence-corrected chi connectivity index (χ4v) is 8.98. The Morgan fingerprint density at radius 3 is 2.15 bits per heavy atom. The lowest BCUT2D eigenvalue weighted by molar-refractivity contribution is -0.136. The van der Waals surface area contributed by atoms with Gasteiger partial charge in [-0.15, -0.1) is 0 Å². The third-order valence-electron chi connectivity index (χ3n) is 11.8. The predicted molar refractivity (Wildman–Crippen MR) is 202 cm³/mol. The van der Waals surface area contributed by atoms with Crippen LogP contribution in [0.1, 0.15) is 99.1 Å². The standard InChI is InChI=1S/C41H42ClN7O5/c42-35-21-30(4-1-26(35)22-43)44-28-5-7-29(8-6-28)45-38(51)24-2-9-31(10-3-24)47-17-14-32(15-18-47)48-16-13-25-19-33-34(20-27(25)23-48)41(54)49(40(33)53)36-11-12-37(50)46-39(36)52/h1-4,9-10,19-21,28-29,32,36,44H,5-8,11-18,23H2,(H,45,51)(H,46,50,52). The van der Waals surface area contributed by atoms with E-state index in [0.29, 0.717) is 39.9 Å². The van der Waals surface area contributed by atoms with Gasteiger partial charge in [-0.3, -0.25) is 39.1 Å². The average Bonchev–Trinajstić information content (AvgIpc) is 3.42. The summed E-state index contributed by atoms with van der Waals surface area (Å²) in [5.41, 5.74) is 5.90. The van der Waals surface area contributed by atoms with Crippen LogP contribution in [0.25, 0.3) is 0 Å². The van der Waals surface area contributed by atoms with Crippen molar-refractivity contribution in [3.8, 4) is 6.07 Å². The minimum absolute atomic E-state index is 0.0543. The number of anilines is 2. The van der Waals surface area contributed by atoms with Crippen LogP contribution in [0.2, 0.25) is 5.02 Å². The molecule has 3 N–H and O–H groups in total. The maximum atomic E-state index is 13.4. The van der Waals surface area contributed by atoms with E-state index >= 15 is 0 Å². The van der Waals surface area contributed by atoms with E-state index in [2.05, 4.69) is 31.8 Å². The summed E-state index contributed by atoms with van der Waals surface area (Å²) in [4.78, 5) is 69.8. The van der Waals surface area contributed by atoms with Crippen LogP contribution in [0.15, 0.2) is 54.6 Å². The van der Waals surface area contributed by atoms with Crippen molar-refractivity contribution in [1.82, 2.24) is 20.4 Å². The van der Waals surface area contributed by atoms with Crippen molar-refractivity contribution in [1.29, 1.82) is 5.26 Å². The number of amides is 5. The van der Waals surface area contributed by atoms with E-state index in [1.54, 1.807) is 12.1 Å². The van der Waals surface area contributed by atoms with E-state index < -0.39 is 23.8 Å². The fraction of sp³-hybridized carbons (Fsp3) is 0.415. The summed E-state index contributed by atoms with van der Waals surface area (Å²) < 4.78 is 0. The highest BCUT2D eigenvalue weighted by atomic mass is 35.5. The Kier molecular flexibility index (Phi) is 9.85. The van der Waals surface area contributed by atoms with Crippen molar-refractivity contribution in [2.24, 2.45) is 0 Å². The Balaban J connectivity index is 0.810. The topological polar surface area (TPSA) is 155 Å². The molecule has 3 aromatic carbocycles. The molecule has 278 valence electrons. The molecule has 2 saturated heterocycles. The Morgan fingerprint density at radius 2 is 1.48 bits per heavy atom. The summed E-state index contributed by atoms with van der Waals surface area (Å²) in [5, 5.41) is 18.5. The zero-order chi connectivity index (χ0) is 37.5. The van der Waals surface area contributed by atoms with Crippen LogP contribution < -0.4 is 20.9 Å². The van der Waals surface area contributed by atoms with Gasteiger partial charge in [-0.25, -0.2) is 0 Å². The SMILES string of the molecule is N#Cc1ccc(NC2CCC(NC(=O)c3ccc(N4CCC(N5CCc6cc7c(cc6C5)C(=O)N(C5CCC(=O)NC5=O)C7=O)CC4)cc3)CC2)cc1Cl. The number of halogens is 1. The van der Waals surface area contributed by atoms with Crippen LogP contribution in [0.3, 0.4) is 0 Å². The molecule has 4 aliphatic heterocycles. The van der Waals surface area contributed by atoms with Crippen LogP contribution in [0, 0.1) is 11.3 Å². The first kappa shape index (κ1) is 35.8. The van der Waals surface area contributed by atoms with E-state index in [0.717, 1.165) is 92.0 Å². The lowest BCUT2D eigenvalue weighted by atomic mass is 9.90. The minimum atomic E-state index is -0.968. The molecule has 5 aliphatic rings. The number of carbonyl (C=O) groups is 5. The van der Waals surface area contributed by atoms with Crippen LogP contribution in [-0.4, -0.2) is 83.1 Å².